The summed E-state index contributed by atoms with van der Waals surface area (Å²) in [6, 6.07) is 0. The van der Waals surface area contributed by atoms with Crippen LogP contribution in [0.2, 0.25) is 0 Å². The normalized spacial score (nSPS) is 42.0. The van der Waals surface area contributed by atoms with Gasteiger partial charge in [0.1, 0.15) is 0 Å². The molecule has 86 valence electrons. The van der Waals surface area contributed by atoms with Crippen molar-refractivity contribution in [2.75, 3.05) is 6.61 Å². The lowest BCUT2D eigenvalue weighted by atomic mass is 9.79. The lowest BCUT2D eigenvalue weighted by Crippen LogP contribution is -2.40. The van der Waals surface area contributed by atoms with E-state index in [2.05, 4.69) is 0 Å². The van der Waals surface area contributed by atoms with Gasteiger partial charge in [-0.25, -0.2) is 8.78 Å². The van der Waals surface area contributed by atoms with E-state index in [1.807, 2.05) is 0 Å². The maximum atomic E-state index is 13.1. The Morgan fingerprint density at radius 2 is 1.67 bits per heavy atom. The average Bonchev–Trinajstić information content (AvgIpc) is 2.93. The Morgan fingerprint density at radius 1 is 0.933 bits per heavy atom. The molecule has 0 amide bonds. The van der Waals surface area contributed by atoms with E-state index < -0.39 is 5.92 Å². The van der Waals surface area contributed by atoms with Crippen molar-refractivity contribution in [3.63, 3.8) is 0 Å². The van der Waals surface area contributed by atoms with Gasteiger partial charge in [-0.05, 0) is 43.9 Å². The first-order chi connectivity index (χ1) is 7.09. The van der Waals surface area contributed by atoms with Gasteiger partial charge in [0, 0.05) is 12.8 Å². The molecule has 1 spiro atoms. The number of hydrogen-bond donors (Lipinski definition) is 0. The fourth-order valence-electron chi connectivity index (χ4n) is 3.14. The minimum atomic E-state index is -2.43. The van der Waals surface area contributed by atoms with Crippen LogP contribution in [0.25, 0.3) is 0 Å². The molecule has 0 unspecified atom stereocenters. The smallest absolute Gasteiger partial charge is 0.248 e. The second-order valence-corrected chi connectivity index (χ2v) is 5.64. The highest BCUT2D eigenvalue weighted by Gasteiger charge is 2.49. The van der Waals surface area contributed by atoms with Crippen LogP contribution in [-0.4, -0.2) is 18.1 Å². The van der Waals surface area contributed by atoms with Crippen LogP contribution < -0.4 is 0 Å². The molecule has 0 aromatic rings. The maximum absolute atomic E-state index is 13.1. The predicted octanol–water partition coefficient (Wildman–Crippen LogP) is 3.38. The third kappa shape index (κ3) is 1.91. The summed E-state index contributed by atoms with van der Waals surface area (Å²) in [4.78, 5) is 0. The molecule has 0 aromatic heterocycles. The Kier molecular flexibility index (Phi) is 2.11. The van der Waals surface area contributed by atoms with E-state index in [1.165, 1.54) is 12.8 Å². The van der Waals surface area contributed by atoms with Crippen molar-refractivity contribution in [3.05, 3.63) is 0 Å². The van der Waals surface area contributed by atoms with Crippen LogP contribution in [0, 0.1) is 11.8 Å². The van der Waals surface area contributed by atoms with Crippen molar-refractivity contribution < 1.29 is 13.5 Å². The van der Waals surface area contributed by atoms with Crippen molar-refractivity contribution in [3.8, 4) is 0 Å². The molecule has 1 saturated heterocycles. The first kappa shape index (κ1) is 10.0. The van der Waals surface area contributed by atoms with Gasteiger partial charge in [-0.2, -0.15) is 0 Å². The molecular weight excluding hydrogens is 198 g/mol. The molecular formula is C12H18F2O. The predicted molar refractivity (Wildman–Crippen MR) is 52.9 cm³/mol. The highest BCUT2D eigenvalue weighted by Crippen LogP contribution is 2.51. The zero-order chi connectivity index (χ0) is 10.5. The Hall–Kier alpha value is -0.180. The highest BCUT2D eigenvalue weighted by atomic mass is 19.3. The third-order valence-corrected chi connectivity index (χ3v) is 4.54. The summed E-state index contributed by atoms with van der Waals surface area (Å²) >= 11 is 0. The molecule has 0 bridgehead atoms. The first-order valence-corrected chi connectivity index (χ1v) is 6.10. The van der Waals surface area contributed by atoms with E-state index in [0.717, 1.165) is 24.9 Å². The number of halogens is 2. The minimum Gasteiger partial charge on any atom is -0.375 e. The van der Waals surface area contributed by atoms with Crippen LogP contribution in [0.3, 0.4) is 0 Å². The first-order valence-electron chi connectivity index (χ1n) is 6.10. The van der Waals surface area contributed by atoms with Crippen LogP contribution in [0.4, 0.5) is 8.78 Å². The number of ether oxygens (including phenoxy) is 1. The van der Waals surface area contributed by atoms with Crippen molar-refractivity contribution in [1.82, 2.24) is 0 Å². The molecule has 2 aliphatic carbocycles. The quantitative estimate of drug-likeness (QED) is 0.603. The molecule has 1 aliphatic heterocycles. The van der Waals surface area contributed by atoms with E-state index >= 15 is 0 Å². The molecule has 2 saturated carbocycles. The van der Waals surface area contributed by atoms with E-state index in [0.29, 0.717) is 12.8 Å². The van der Waals surface area contributed by atoms with Gasteiger partial charge in [0.25, 0.3) is 0 Å². The Bertz CT molecular complexity index is 240. The molecule has 3 heteroatoms. The number of rotatable bonds is 0. The van der Waals surface area contributed by atoms with Crippen molar-refractivity contribution in [2.24, 2.45) is 11.8 Å². The zero-order valence-corrected chi connectivity index (χ0v) is 8.98. The Labute approximate surface area is 89.2 Å². The van der Waals surface area contributed by atoms with Gasteiger partial charge in [-0.1, -0.05) is 0 Å². The number of fused-ring (bicyclic) bond motifs is 1. The molecule has 1 nitrogen and oxygen atoms in total. The van der Waals surface area contributed by atoms with Gasteiger partial charge < -0.3 is 4.74 Å². The van der Waals surface area contributed by atoms with Gasteiger partial charge in [0.2, 0.25) is 5.92 Å². The van der Waals surface area contributed by atoms with Gasteiger partial charge in [0.05, 0.1) is 12.2 Å². The largest absolute Gasteiger partial charge is 0.375 e. The van der Waals surface area contributed by atoms with Crippen LogP contribution in [0.5, 0.6) is 0 Å². The second-order valence-electron chi connectivity index (χ2n) is 5.64. The second kappa shape index (κ2) is 3.16. The van der Waals surface area contributed by atoms with Gasteiger partial charge in [0.15, 0.2) is 0 Å². The Morgan fingerprint density at radius 3 is 2.40 bits per heavy atom. The topological polar surface area (TPSA) is 9.23 Å². The molecule has 1 heterocycles. The van der Waals surface area contributed by atoms with E-state index in [-0.39, 0.29) is 18.4 Å². The molecule has 0 N–H and O–H groups in total. The summed E-state index contributed by atoms with van der Waals surface area (Å²) < 4.78 is 32.1. The molecule has 0 radical (unpaired) electrons. The summed E-state index contributed by atoms with van der Waals surface area (Å²) in [5, 5.41) is 0. The van der Waals surface area contributed by atoms with Crippen LogP contribution in [0.1, 0.15) is 44.9 Å². The minimum absolute atomic E-state index is 0.0301. The summed E-state index contributed by atoms with van der Waals surface area (Å²) in [7, 11) is 0. The van der Waals surface area contributed by atoms with Gasteiger partial charge in [-0.3, -0.25) is 0 Å². The van der Waals surface area contributed by atoms with Crippen molar-refractivity contribution in [1.29, 1.82) is 0 Å². The summed E-state index contributed by atoms with van der Waals surface area (Å²) in [5.41, 5.74) is -0.172. The third-order valence-electron chi connectivity index (χ3n) is 4.54. The SMILES string of the molecule is FC1(F)CCC2(CC[C@@H]3C[C@@H]3CO2)CC1. The maximum Gasteiger partial charge on any atom is 0.248 e. The fourth-order valence-corrected chi connectivity index (χ4v) is 3.14. The summed E-state index contributed by atoms with van der Waals surface area (Å²) in [6.45, 7) is 0.830. The zero-order valence-electron chi connectivity index (χ0n) is 8.98. The summed E-state index contributed by atoms with van der Waals surface area (Å²) in [6.07, 6.45) is 4.73. The molecule has 3 fully saturated rings. The van der Waals surface area contributed by atoms with E-state index in [1.54, 1.807) is 0 Å². The van der Waals surface area contributed by atoms with Crippen molar-refractivity contribution >= 4 is 0 Å². The highest BCUT2D eigenvalue weighted by molar-refractivity contribution is 4.97. The lowest BCUT2D eigenvalue weighted by Gasteiger charge is -2.39. The Balaban J connectivity index is 1.65. The average molecular weight is 216 g/mol. The standard InChI is InChI=1S/C12H18F2O/c13-12(14)5-3-11(4-6-12)2-1-9-7-10(9)8-15-11/h9-10H,1-8H2/t9-,10-/m1/s1. The van der Waals surface area contributed by atoms with E-state index in [9.17, 15) is 8.78 Å². The molecule has 3 aliphatic rings. The van der Waals surface area contributed by atoms with Crippen LogP contribution in [0.15, 0.2) is 0 Å². The molecule has 15 heavy (non-hydrogen) atoms. The number of hydrogen-bond acceptors (Lipinski definition) is 1. The van der Waals surface area contributed by atoms with Crippen LogP contribution in [-0.2, 0) is 4.74 Å². The summed E-state index contributed by atoms with van der Waals surface area (Å²) in [5.74, 6) is -0.817. The molecule has 3 rings (SSSR count). The monoisotopic (exact) mass is 216 g/mol. The molecule has 0 aromatic carbocycles. The van der Waals surface area contributed by atoms with Crippen molar-refractivity contribution in [2.45, 2.75) is 56.5 Å². The molecule has 2 atom stereocenters. The lowest BCUT2D eigenvalue weighted by molar-refractivity contribution is -0.134. The fraction of sp³-hybridized carbons (Fsp3) is 1.00. The van der Waals surface area contributed by atoms with E-state index in [4.69, 9.17) is 4.74 Å². The van der Waals surface area contributed by atoms with Gasteiger partial charge >= 0.3 is 0 Å². The number of alkyl halides is 2. The van der Waals surface area contributed by atoms with Gasteiger partial charge in [-0.15, -0.1) is 0 Å². The van der Waals surface area contributed by atoms with Crippen LogP contribution >= 0.6 is 0 Å².